The molecule has 1 aromatic rings. The molecule has 2 atom stereocenters. The smallest absolute Gasteiger partial charge is 0.407 e. The van der Waals surface area contributed by atoms with Crippen LogP contribution in [0.4, 0.5) is 4.79 Å². The molecule has 0 aliphatic heterocycles. The van der Waals surface area contributed by atoms with Crippen molar-refractivity contribution in [2.45, 2.75) is 84.0 Å². The summed E-state index contributed by atoms with van der Waals surface area (Å²) in [6.45, 7) is 9.79. The van der Waals surface area contributed by atoms with E-state index >= 15 is 0 Å². The van der Waals surface area contributed by atoms with Gasteiger partial charge in [-0.25, -0.2) is 4.79 Å². The molecule has 0 bridgehead atoms. The highest BCUT2D eigenvalue weighted by molar-refractivity contribution is 6.38. The Morgan fingerprint density at radius 1 is 0.971 bits per heavy atom. The number of amides is 3. The van der Waals surface area contributed by atoms with Gasteiger partial charge >= 0.3 is 6.09 Å². The molecule has 9 nitrogen and oxygen atoms in total. The zero-order chi connectivity index (χ0) is 26.0. The van der Waals surface area contributed by atoms with Crippen molar-refractivity contribution in [3.05, 3.63) is 35.9 Å². The minimum Gasteiger partial charge on any atom is -0.447 e. The molecule has 0 radical (unpaired) electrons. The summed E-state index contributed by atoms with van der Waals surface area (Å²) in [7, 11) is 0. The number of hydrogen-bond donors (Lipinski definition) is 3. The third-order valence-electron chi connectivity index (χ3n) is 5.22. The second-order valence-corrected chi connectivity index (χ2v) is 10.3. The normalized spacial score (nSPS) is 15.1. The molecule has 194 valence electrons. The Kier molecular flexibility index (Phi) is 10.7. The van der Waals surface area contributed by atoms with Gasteiger partial charge in [0.1, 0.15) is 18.7 Å². The Labute approximate surface area is 207 Å². The summed E-state index contributed by atoms with van der Waals surface area (Å²) in [5.41, 5.74) is 0.448. The fourth-order valence-electron chi connectivity index (χ4n) is 3.34. The first-order valence-corrected chi connectivity index (χ1v) is 12.2. The number of carbonyl (C=O) groups excluding carboxylic acids is 4. The summed E-state index contributed by atoms with van der Waals surface area (Å²) in [5, 5.41) is 7.96. The van der Waals surface area contributed by atoms with Gasteiger partial charge in [0.15, 0.2) is 0 Å². The SMILES string of the molecule is CC(C)CC(NC(=O)OCCOC(C)(C)C)C(=O)NC(Cc1ccccc1)C(=O)C(=O)NC1CC1. The van der Waals surface area contributed by atoms with Crippen LogP contribution in [0.2, 0.25) is 0 Å². The van der Waals surface area contributed by atoms with Crippen LogP contribution in [-0.4, -0.2) is 60.6 Å². The second kappa shape index (κ2) is 13.2. The molecule has 1 saturated carbocycles. The molecule has 0 heterocycles. The number of rotatable bonds is 13. The summed E-state index contributed by atoms with van der Waals surface area (Å²) in [6.07, 6.45) is 1.43. The summed E-state index contributed by atoms with van der Waals surface area (Å²) in [6, 6.07) is 7.18. The number of hydrogen-bond acceptors (Lipinski definition) is 6. The molecule has 2 unspecified atom stereocenters. The van der Waals surface area contributed by atoms with E-state index in [4.69, 9.17) is 9.47 Å². The fourth-order valence-corrected chi connectivity index (χ4v) is 3.34. The molecular weight excluding hydrogens is 450 g/mol. The van der Waals surface area contributed by atoms with Crippen molar-refractivity contribution in [3.8, 4) is 0 Å². The molecule has 0 spiro atoms. The molecule has 0 aromatic heterocycles. The molecule has 1 aromatic carbocycles. The number of alkyl carbamates (subject to hydrolysis) is 1. The molecule has 3 N–H and O–H groups in total. The number of ketones is 1. The van der Waals surface area contributed by atoms with E-state index in [1.54, 1.807) is 0 Å². The van der Waals surface area contributed by atoms with Crippen LogP contribution in [0.25, 0.3) is 0 Å². The third kappa shape index (κ3) is 11.4. The van der Waals surface area contributed by atoms with Gasteiger partial charge in [0.25, 0.3) is 5.91 Å². The average molecular weight is 490 g/mol. The van der Waals surface area contributed by atoms with E-state index in [0.29, 0.717) is 6.42 Å². The number of benzene rings is 1. The topological polar surface area (TPSA) is 123 Å². The molecule has 3 amide bonds. The van der Waals surface area contributed by atoms with Crippen LogP contribution in [-0.2, 0) is 30.3 Å². The van der Waals surface area contributed by atoms with Crippen molar-refractivity contribution in [2.24, 2.45) is 5.92 Å². The van der Waals surface area contributed by atoms with Gasteiger partial charge in [-0.15, -0.1) is 0 Å². The van der Waals surface area contributed by atoms with Gasteiger partial charge < -0.3 is 25.4 Å². The third-order valence-corrected chi connectivity index (χ3v) is 5.22. The van der Waals surface area contributed by atoms with Crippen LogP contribution >= 0.6 is 0 Å². The Bertz CT molecular complexity index is 862. The lowest BCUT2D eigenvalue weighted by Crippen LogP contribution is -2.55. The molecule has 2 rings (SSSR count). The molecule has 35 heavy (non-hydrogen) atoms. The maximum atomic E-state index is 13.1. The van der Waals surface area contributed by atoms with Gasteiger partial charge in [0, 0.05) is 12.5 Å². The van der Waals surface area contributed by atoms with Gasteiger partial charge in [0.05, 0.1) is 12.2 Å². The van der Waals surface area contributed by atoms with Crippen molar-refractivity contribution < 1.29 is 28.7 Å². The van der Waals surface area contributed by atoms with Crippen molar-refractivity contribution in [2.75, 3.05) is 13.2 Å². The molecule has 1 aliphatic carbocycles. The molecule has 9 heteroatoms. The van der Waals surface area contributed by atoms with Crippen LogP contribution in [0, 0.1) is 5.92 Å². The molecule has 1 aliphatic rings. The van der Waals surface area contributed by atoms with Crippen LogP contribution in [0.1, 0.15) is 59.4 Å². The average Bonchev–Trinajstić information content (AvgIpc) is 3.59. The van der Waals surface area contributed by atoms with E-state index < -0.39 is 35.8 Å². The highest BCUT2D eigenvalue weighted by Crippen LogP contribution is 2.18. The molecular formula is C26H39N3O6. The fraction of sp³-hybridized carbons (Fsp3) is 0.615. The Morgan fingerprint density at radius 2 is 1.63 bits per heavy atom. The zero-order valence-corrected chi connectivity index (χ0v) is 21.4. The van der Waals surface area contributed by atoms with Crippen LogP contribution in [0.5, 0.6) is 0 Å². The standard InChI is InChI=1S/C26H39N3O6/c1-17(2)15-21(29-25(33)34-13-14-35-26(3,4)5)23(31)28-20(16-18-9-7-6-8-10-18)22(30)24(32)27-19-11-12-19/h6-10,17,19-21H,11-16H2,1-5H3,(H,27,32)(H,28,31)(H,29,33). The van der Waals surface area contributed by atoms with Crippen molar-refractivity contribution in [3.63, 3.8) is 0 Å². The molecule has 1 fully saturated rings. The van der Waals surface area contributed by atoms with Gasteiger partial charge in [-0.1, -0.05) is 44.2 Å². The van der Waals surface area contributed by atoms with Gasteiger partial charge in [-0.2, -0.15) is 0 Å². The van der Waals surface area contributed by atoms with Crippen molar-refractivity contribution >= 4 is 23.7 Å². The van der Waals surface area contributed by atoms with Gasteiger partial charge in [0.2, 0.25) is 11.7 Å². The Balaban J connectivity index is 2.04. The monoisotopic (exact) mass is 489 g/mol. The predicted molar refractivity (Wildman–Crippen MR) is 132 cm³/mol. The lowest BCUT2D eigenvalue weighted by atomic mass is 9.99. The predicted octanol–water partition coefficient (Wildman–Crippen LogP) is 2.52. The maximum absolute atomic E-state index is 13.1. The van der Waals surface area contributed by atoms with Gasteiger partial charge in [-0.3, -0.25) is 14.4 Å². The van der Waals surface area contributed by atoms with E-state index in [-0.39, 0.29) is 37.2 Å². The van der Waals surface area contributed by atoms with Crippen molar-refractivity contribution in [1.82, 2.24) is 16.0 Å². The number of carbonyl (C=O) groups is 4. The van der Waals surface area contributed by atoms with Gasteiger partial charge in [-0.05, 0) is 51.5 Å². The van der Waals surface area contributed by atoms with Crippen LogP contribution < -0.4 is 16.0 Å². The number of ether oxygens (including phenoxy) is 2. The summed E-state index contributed by atoms with van der Waals surface area (Å²) in [4.78, 5) is 50.8. The van der Waals surface area contributed by atoms with E-state index in [0.717, 1.165) is 18.4 Å². The van der Waals surface area contributed by atoms with Crippen molar-refractivity contribution in [1.29, 1.82) is 0 Å². The van der Waals surface area contributed by atoms with E-state index in [2.05, 4.69) is 16.0 Å². The van der Waals surface area contributed by atoms with Crippen LogP contribution in [0.15, 0.2) is 30.3 Å². The second-order valence-electron chi connectivity index (χ2n) is 10.3. The summed E-state index contributed by atoms with van der Waals surface area (Å²) < 4.78 is 10.7. The van der Waals surface area contributed by atoms with E-state index in [1.165, 1.54) is 0 Å². The zero-order valence-electron chi connectivity index (χ0n) is 21.4. The largest absolute Gasteiger partial charge is 0.447 e. The Morgan fingerprint density at radius 3 is 2.20 bits per heavy atom. The maximum Gasteiger partial charge on any atom is 0.407 e. The highest BCUT2D eigenvalue weighted by atomic mass is 16.6. The van der Waals surface area contributed by atoms with Crippen LogP contribution in [0.3, 0.4) is 0 Å². The number of Topliss-reactive ketones (excluding diaryl/α,β-unsaturated/α-hetero) is 1. The lowest BCUT2D eigenvalue weighted by molar-refractivity contribution is -0.140. The first-order valence-electron chi connectivity index (χ1n) is 12.2. The lowest BCUT2D eigenvalue weighted by Gasteiger charge is -2.24. The first kappa shape index (κ1) is 28.3. The minimum absolute atomic E-state index is 0.0203. The molecule has 0 saturated heterocycles. The first-order chi connectivity index (χ1) is 16.4. The highest BCUT2D eigenvalue weighted by Gasteiger charge is 2.33. The van der Waals surface area contributed by atoms with E-state index in [1.807, 2.05) is 65.0 Å². The summed E-state index contributed by atoms with van der Waals surface area (Å²) >= 11 is 0. The number of nitrogens with one attached hydrogen (secondary N) is 3. The van der Waals surface area contributed by atoms with E-state index in [9.17, 15) is 19.2 Å². The minimum atomic E-state index is -1.06. The quantitative estimate of drug-likeness (QED) is 0.289. The Hall–Kier alpha value is -2.94. The summed E-state index contributed by atoms with van der Waals surface area (Å²) in [5.74, 6) is -1.88.